The number of ether oxygens (including phenoxy) is 1. The van der Waals surface area contributed by atoms with Crippen molar-refractivity contribution in [2.45, 2.75) is 39.5 Å². The number of nitrogens with zero attached hydrogens (tertiary/aromatic N) is 1. The van der Waals surface area contributed by atoms with Crippen LogP contribution in [0, 0.1) is 19.8 Å². The van der Waals surface area contributed by atoms with Gasteiger partial charge >= 0.3 is 0 Å². The lowest BCUT2D eigenvalue weighted by molar-refractivity contribution is -0.126. The van der Waals surface area contributed by atoms with Gasteiger partial charge in [-0.05, 0) is 68.4 Å². The molecule has 1 atom stereocenters. The van der Waals surface area contributed by atoms with Crippen LogP contribution in [0.4, 0.5) is 0 Å². The Bertz CT molecular complexity index is 992. The van der Waals surface area contributed by atoms with Crippen molar-refractivity contribution in [2.75, 3.05) is 32.0 Å². The van der Waals surface area contributed by atoms with E-state index in [9.17, 15) is 13.2 Å². The van der Waals surface area contributed by atoms with E-state index in [1.165, 1.54) is 15.4 Å². The van der Waals surface area contributed by atoms with Crippen molar-refractivity contribution < 1.29 is 17.9 Å². The maximum atomic E-state index is 12.8. The van der Waals surface area contributed by atoms with Gasteiger partial charge < -0.3 is 10.1 Å². The predicted molar refractivity (Wildman–Crippen MR) is 127 cm³/mol. The number of hydrogen-bond donors (Lipinski definition) is 1. The molecule has 0 radical (unpaired) electrons. The molecule has 0 spiro atoms. The largest absolute Gasteiger partial charge is 0.492 e. The second-order valence-corrected chi connectivity index (χ2v) is 10.6. The van der Waals surface area contributed by atoms with Crippen LogP contribution >= 0.6 is 0 Å². The standard InChI is InChI=1S/C25H34N2O4S/c1-20-12-13-24(18-21(20)2)31-16-14-26-25(28)23-11-6-15-27(19-23)32(29,30)17-7-10-22-8-4-3-5-9-22/h3-5,8-9,12-13,18,23H,6-7,10-11,14-17,19H2,1-2H3,(H,26,28)/t23-/m1/s1. The summed E-state index contributed by atoms with van der Waals surface area (Å²) in [6.07, 6.45) is 2.73. The van der Waals surface area contributed by atoms with Gasteiger partial charge in [0.05, 0.1) is 18.2 Å². The number of piperidine rings is 1. The highest BCUT2D eigenvalue weighted by Gasteiger charge is 2.31. The zero-order chi connectivity index (χ0) is 23.0. The highest BCUT2D eigenvalue weighted by Crippen LogP contribution is 2.21. The fraction of sp³-hybridized carbons (Fsp3) is 0.480. The van der Waals surface area contributed by atoms with Crippen LogP contribution in [0.3, 0.4) is 0 Å². The van der Waals surface area contributed by atoms with Gasteiger partial charge in [0, 0.05) is 13.1 Å². The fourth-order valence-corrected chi connectivity index (χ4v) is 5.51. The molecule has 1 amide bonds. The molecular formula is C25H34N2O4S. The molecule has 2 aromatic carbocycles. The SMILES string of the molecule is Cc1ccc(OCCNC(=O)[C@@H]2CCCN(S(=O)(=O)CCCc3ccccc3)C2)cc1C. The molecule has 1 saturated heterocycles. The van der Waals surface area contributed by atoms with Crippen LogP contribution in [-0.2, 0) is 21.2 Å². The number of hydrogen-bond acceptors (Lipinski definition) is 4. The van der Waals surface area contributed by atoms with Gasteiger partial charge in [-0.1, -0.05) is 36.4 Å². The monoisotopic (exact) mass is 458 g/mol. The Kier molecular flexibility index (Phi) is 8.70. The number of nitrogens with one attached hydrogen (secondary N) is 1. The van der Waals surface area contributed by atoms with Gasteiger partial charge in [-0.2, -0.15) is 0 Å². The molecule has 0 saturated carbocycles. The summed E-state index contributed by atoms with van der Waals surface area (Å²) in [7, 11) is -3.36. The van der Waals surface area contributed by atoms with Crippen LogP contribution < -0.4 is 10.1 Å². The first-order valence-corrected chi connectivity index (χ1v) is 13.0. The van der Waals surface area contributed by atoms with Crippen molar-refractivity contribution in [3.05, 3.63) is 65.2 Å². The quantitative estimate of drug-likeness (QED) is 0.553. The van der Waals surface area contributed by atoms with E-state index in [0.29, 0.717) is 39.0 Å². The van der Waals surface area contributed by atoms with Crippen LogP contribution in [0.5, 0.6) is 5.75 Å². The van der Waals surface area contributed by atoms with Gasteiger partial charge in [0.1, 0.15) is 12.4 Å². The van der Waals surface area contributed by atoms with Crippen molar-refractivity contribution in [3.63, 3.8) is 0 Å². The van der Waals surface area contributed by atoms with Gasteiger partial charge in [0.2, 0.25) is 15.9 Å². The van der Waals surface area contributed by atoms with E-state index in [1.807, 2.05) is 55.5 Å². The molecule has 0 bridgehead atoms. The molecule has 1 fully saturated rings. The Morgan fingerprint density at radius 2 is 1.91 bits per heavy atom. The lowest BCUT2D eigenvalue weighted by Gasteiger charge is -2.31. The maximum Gasteiger partial charge on any atom is 0.224 e. The van der Waals surface area contributed by atoms with E-state index in [1.54, 1.807) is 0 Å². The molecular weight excluding hydrogens is 424 g/mol. The van der Waals surface area contributed by atoms with Crippen LogP contribution in [0.25, 0.3) is 0 Å². The summed E-state index contributed by atoms with van der Waals surface area (Å²) in [5, 5.41) is 2.90. The summed E-state index contributed by atoms with van der Waals surface area (Å²) in [5.74, 6) is 0.486. The van der Waals surface area contributed by atoms with Crippen molar-refractivity contribution in [3.8, 4) is 5.75 Å². The average Bonchev–Trinajstić information content (AvgIpc) is 2.79. The Morgan fingerprint density at radius 1 is 1.12 bits per heavy atom. The van der Waals surface area contributed by atoms with Gasteiger partial charge in [-0.3, -0.25) is 4.79 Å². The lowest BCUT2D eigenvalue weighted by atomic mass is 9.99. The van der Waals surface area contributed by atoms with Crippen LogP contribution in [0.2, 0.25) is 0 Å². The molecule has 1 aliphatic heterocycles. The van der Waals surface area contributed by atoms with E-state index in [4.69, 9.17) is 4.74 Å². The highest BCUT2D eigenvalue weighted by atomic mass is 32.2. The van der Waals surface area contributed by atoms with Crippen molar-refractivity contribution in [1.29, 1.82) is 0 Å². The Morgan fingerprint density at radius 3 is 2.66 bits per heavy atom. The van der Waals surface area contributed by atoms with Crippen LogP contribution in [0.15, 0.2) is 48.5 Å². The molecule has 1 aliphatic rings. The lowest BCUT2D eigenvalue weighted by Crippen LogP contribution is -2.46. The van der Waals surface area contributed by atoms with E-state index in [2.05, 4.69) is 12.2 Å². The molecule has 7 heteroatoms. The molecule has 3 rings (SSSR count). The summed E-state index contributed by atoms with van der Waals surface area (Å²) >= 11 is 0. The van der Waals surface area contributed by atoms with E-state index < -0.39 is 10.0 Å². The maximum absolute atomic E-state index is 12.8. The van der Waals surface area contributed by atoms with Gasteiger partial charge in [-0.15, -0.1) is 0 Å². The molecule has 32 heavy (non-hydrogen) atoms. The number of carbonyl (C=O) groups excluding carboxylic acids is 1. The summed E-state index contributed by atoms with van der Waals surface area (Å²) in [6.45, 7) is 5.62. The van der Waals surface area contributed by atoms with Gasteiger partial charge in [0.25, 0.3) is 0 Å². The molecule has 0 aromatic heterocycles. The smallest absolute Gasteiger partial charge is 0.224 e. The van der Waals surface area contributed by atoms with E-state index in [0.717, 1.165) is 17.7 Å². The van der Waals surface area contributed by atoms with Crippen molar-refractivity contribution in [1.82, 2.24) is 9.62 Å². The minimum Gasteiger partial charge on any atom is -0.492 e. The number of sulfonamides is 1. The third-order valence-corrected chi connectivity index (χ3v) is 7.93. The Labute approximate surface area is 192 Å². The second-order valence-electron chi connectivity index (χ2n) is 8.49. The Balaban J connectivity index is 1.41. The summed E-state index contributed by atoms with van der Waals surface area (Å²) in [4.78, 5) is 12.6. The van der Waals surface area contributed by atoms with E-state index in [-0.39, 0.29) is 24.1 Å². The fourth-order valence-electron chi connectivity index (χ4n) is 3.93. The van der Waals surface area contributed by atoms with Crippen LogP contribution in [0.1, 0.15) is 36.0 Å². The average molecular weight is 459 g/mol. The minimum absolute atomic E-state index is 0.0992. The Hall–Kier alpha value is -2.38. The first-order chi connectivity index (χ1) is 15.3. The summed E-state index contributed by atoms with van der Waals surface area (Å²) in [5.41, 5.74) is 3.52. The van der Waals surface area contributed by atoms with Gasteiger partial charge in [-0.25, -0.2) is 12.7 Å². The third kappa shape index (κ3) is 7.07. The molecule has 2 aromatic rings. The highest BCUT2D eigenvalue weighted by molar-refractivity contribution is 7.89. The number of aryl methyl sites for hydroxylation is 3. The third-order valence-electron chi connectivity index (χ3n) is 6.01. The van der Waals surface area contributed by atoms with Gasteiger partial charge in [0.15, 0.2) is 0 Å². The first-order valence-electron chi connectivity index (χ1n) is 11.3. The molecule has 174 valence electrons. The molecule has 6 nitrogen and oxygen atoms in total. The predicted octanol–water partition coefficient (Wildman–Crippen LogP) is 3.47. The summed E-state index contributed by atoms with van der Waals surface area (Å²) < 4.78 is 32.8. The zero-order valence-electron chi connectivity index (χ0n) is 19.0. The number of benzene rings is 2. The van der Waals surface area contributed by atoms with Crippen molar-refractivity contribution >= 4 is 15.9 Å². The molecule has 1 heterocycles. The molecule has 0 aliphatic carbocycles. The zero-order valence-corrected chi connectivity index (χ0v) is 19.9. The summed E-state index contributed by atoms with van der Waals surface area (Å²) in [6, 6.07) is 15.8. The van der Waals surface area contributed by atoms with E-state index >= 15 is 0 Å². The first kappa shape index (κ1) is 24.3. The molecule has 0 unspecified atom stereocenters. The van der Waals surface area contributed by atoms with Crippen molar-refractivity contribution in [2.24, 2.45) is 5.92 Å². The second kappa shape index (κ2) is 11.5. The number of carbonyl (C=O) groups is 1. The number of rotatable bonds is 10. The normalized spacial score (nSPS) is 17.1. The molecule has 1 N–H and O–H groups in total. The minimum atomic E-state index is -3.36. The topological polar surface area (TPSA) is 75.7 Å². The number of amides is 1. The van der Waals surface area contributed by atoms with Crippen LogP contribution in [-0.4, -0.2) is 50.6 Å².